The van der Waals surface area contributed by atoms with Crippen LogP contribution in [0.25, 0.3) is 0 Å². The lowest BCUT2D eigenvalue weighted by atomic mass is 10.2. The van der Waals surface area contributed by atoms with Gasteiger partial charge >= 0.3 is 5.97 Å². The van der Waals surface area contributed by atoms with Gasteiger partial charge in [0.05, 0.1) is 0 Å². The molecule has 22 heavy (non-hydrogen) atoms. The van der Waals surface area contributed by atoms with Gasteiger partial charge in [-0.1, -0.05) is 42.0 Å². The molecule has 1 atom stereocenters. The van der Waals surface area contributed by atoms with Gasteiger partial charge in [0.1, 0.15) is 25.0 Å². The second kappa shape index (κ2) is 7.61. The predicted octanol–water partition coefficient (Wildman–Crippen LogP) is 2.96. The number of benzene rings is 2. The number of esters is 1. The number of hydrogen-bond acceptors (Lipinski definition) is 4. The largest absolute Gasteiger partial charge is 0.489 e. The van der Waals surface area contributed by atoms with Crippen molar-refractivity contribution >= 4 is 5.97 Å². The molecule has 0 saturated carbocycles. The van der Waals surface area contributed by atoms with Gasteiger partial charge in [0, 0.05) is 0 Å². The molecular weight excluding hydrogens is 278 g/mol. The maximum atomic E-state index is 11.3. The monoisotopic (exact) mass is 299 g/mol. The number of hydrogen-bond donors (Lipinski definition) is 1. The summed E-state index contributed by atoms with van der Waals surface area (Å²) in [6.07, 6.45) is 0. The number of carbonyl (C=O) groups excluding carboxylic acids is 1. The molecule has 0 aliphatic carbocycles. The molecule has 0 saturated heterocycles. The highest BCUT2D eigenvalue weighted by atomic mass is 16.5. The molecule has 116 valence electrons. The zero-order valence-electron chi connectivity index (χ0n) is 12.9. The Balaban J connectivity index is 1.84. The van der Waals surface area contributed by atoms with Crippen LogP contribution in [-0.2, 0) is 22.7 Å². The van der Waals surface area contributed by atoms with E-state index in [2.05, 4.69) is 31.2 Å². The van der Waals surface area contributed by atoms with Crippen molar-refractivity contribution in [2.75, 3.05) is 0 Å². The Hall–Kier alpha value is -2.33. The Kier molecular flexibility index (Phi) is 5.55. The molecule has 2 N–H and O–H groups in total. The van der Waals surface area contributed by atoms with Crippen LogP contribution < -0.4 is 10.5 Å². The van der Waals surface area contributed by atoms with E-state index in [0.717, 1.165) is 16.9 Å². The minimum atomic E-state index is -0.600. The minimum absolute atomic E-state index is 0.221. The van der Waals surface area contributed by atoms with Crippen molar-refractivity contribution in [1.82, 2.24) is 0 Å². The van der Waals surface area contributed by atoms with Crippen molar-refractivity contribution in [3.63, 3.8) is 0 Å². The lowest BCUT2D eigenvalue weighted by Gasteiger charge is -2.09. The molecule has 0 radical (unpaired) electrons. The van der Waals surface area contributed by atoms with E-state index in [9.17, 15) is 4.79 Å². The molecule has 2 rings (SSSR count). The molecule has 0 aliphatic heterocycles. The van der Waals surface area contributed by atoms with Crippen molar-refractivity contribution in [2.45, 2.75) is 33.1 Å². The fourth-order valence-corrected chi connectivity index (χ4v) is 1.82. The van der Waals surface area contributed by atoms with Crippen LogP contribution in [0.4, 0.5) is 0 Å². The molecule has 0 spiro atoms. The first kappa shape index (κ1) is 16.0. The summed E-state index contributed by atoms with van der Waals surface area (Å²) < 4.78 is 10.8. The normalized spacial score (nSPS) is 11.8. The molecule has 0 aliphatic rings. The van der Waals surface area contributed by atoms with E-state index in [1.54, 1.807) is 6.92 Å². The lowest BCUT2D eigenvalue weighted by Crippen LogP contribution is -2.28. The third kappa shape index (κ3) is 4.90. The summed E-state index contributed by atoms with van der Waals surface area (Å²) in [4.78, 5) is 11.3. The van der Waals surface area contributed by atoms with Crippen LogP contribution in [-0.4, -0.2) is 12.0 Å². The SMILES string of the molecule is Cc1ccc(COc2ccc(COC(=O)[C@@H](C)N)cc2)cc1. The highest BCUT2D eigenvalue weighted by molar-refractivity contribution is 5.74. The summed E-state index contributed by atoms with van der Waals surface area (Å²) in [6, 6.07) is 15.1. The summed E-state index contributed by atoms with van der Waals surface area (Å²) in [5, 5.41) is 0. The van der Waals surface area contributed by atoms with Gasteiger partial charge in [0.25, 0.3) is 0 Å². The number of ether oxygens (including phenoxy) is 2. The van der Waals surface area contributed by atoms with Gasteiger partial charge < -0.3 is 15.2 Å². The second-order valence-electron chi connectivity index (χ2n) is 5.31. The topological polar surface area (TPSA) is 61.5 Å². The van der Waals surface area contributed by atoms with Gasteiger partial charge in [-0.25, -0.2) is 0 Å². The quantitative estimate of drug-likeness (QED) is 0.833. The molecule has 0 amide bonds. The Morgan fingerprint density at radius 2 is 1.55 bits per heavy atom. The minimum Gasteiger partial charge on any atom is -0.489 e. The van der Waals surface area contributed by atoms with E-state index in [1.165, 1.54) is 5.56 Å². The van der Waals surface area contributed by atoms with Gasteiger partial charge in [-0.05, 0) is 37.1 Å². The van der Waals surface area contributed by atoms with E-state index >= 15 is 0 Å². The highest BCUT2D eigenvalue weighted by Crippen LogP contribution is 2.15. The number of aryl methyl sites for hydroxylation is 1. The lowest BCUT2D eigenvalue weighted by molar-refractivity contribution is -0.146. The second-order valence-corrected chi connectivity index (χ2v) is 5.31. The molecule has 0 fully saturated rings. The van der Waals surface area contributed by atoms with Crippen LogP contribution >= 0.6 is 0 Å². The van der Waals surface area contributed by atoms with Crippen molar-refractivity contribution < 1.29 is 14.3 Å². The fourth-order valence-electron chi connectivity index (χ4n) is 1.82. The van der Waals surface area contributed by atoms with E-state index in [1.807, 2.05) is 24.3 Å². The summed E-state index contributed by atoms with van der Waals surface area (Å²) in [5.41, 5.74) is 8.69. The Labute approximate surface area is 130 Å². The third-order valence-electron chi connectivity index (χ3n) is 3.20. The molecule has 4 nitrogen and oxygen atoms in total. The van der Waals surface area contributed by atoms with E-state index in [0.29, 0.717) is 6.61 Å². The van der Waals surface area contributed by atoms with Crippen molar-refractivity contribution in [2.24, 2.45) is 5.73 Å². The van der Waals surface area contributed by atoms with Gasteiger partial charge in [-0.2, -0.15) is 0 Å². The van der Waals surface area contributed by atoms with E-state index < -0.39 is 12.0 Å². The summed E-state index contributed by atoms with van der Waals surface area (Å²) in [6.45, 7) is 4.41. The molecular formula is C18H21NO3. The van der Waals surface area contributed by atoms with Crippen molar-refractivity contribution in [1.29, 1.82) is 0 Å². The maximum Gasteiger partial charge on any atom is 0.322 e. The summed E-state index contributed by atoms with van der Waals surface area (Å²) >= 11 is 0. The first-order valence-electron chi connectivity index (χ1n) is 7.24. The van der Waals surface area contributed by atoms with Gasteiger partial charge in [-0.15, -0.1) is 0 Å². The molecule has 2 aromatic rings. The highest BCUT2D eigenvalue weighted by Gasteiger charge is 2.08. The Morgan fingerprint density at radius 1 is 1.00 bits per heavy atom. The van der Waals surface area contributed by atoms with E-state index in [-0.39, 0.29) is 6.61 Å². The van der Waals surface area contributed by atoms with Crippen LogP contribution in [0.5, 0.6) is 5.75 Å². The smallest absolute Gasteiger partial charge is 0.322 e. The average molecular weight is 299 g/mol. The molecule has 0 bridgehead atoms. The number of rotatable bonds is 6. The first-order valence-corrected chi connectivity index (χ1v) is 7.24. The van der Waals surface area contributed by atoms with Gasteiger partial charge in [0.15, 0.2) is 0 Å². The van der Waals surface area contributed by atoms with Crippen molar-refractivity contribution in [3.05, 3.63) is 65.2 Å². The van der Waals surface area contributed by atoms with Crippen LogP contribution in [0.15, 0.2) is 48.5 Å². The molecule has 2 aromatic carbocycles. The van der Waals surface area contributed by atoms with Crippen LogP contribution in [0.2, 0.25) is 0 Å². The standard InChI is InChI=1S/C18H21NO3/c1-13-3-5-15(6-4-13)11-21-17-9-7-16(8-10-17)12-22-18(20)14(2)19/h3-10,14H,11-12,19H2,1-2H3/t14-/m1/s1. The van der Waals surface area contributed by atoms with Crippen LogP contribution in [0.3, 0.4) is 0 Å². The summed E-state index contributed by atoms with van der Waals surface area (Å²) in [5.74, 6) is 0.377. The maximum absolute atomic E-state index is 11.3. The zero-order chi connectivity index (χ0) is 15.9. The van der Waals surface area contributed by atoms with Crippen LogP contribution in [0.1, 0.15) is 23.6 Å². The molecule has 0 unspecified atom stereocenters. The number of nitrogens with two attached hydrogens (primary N) is 1. The fraction of sp³-hybridized carbons (Fsp3) is 0.278. The third-order valence-corrected chi connectivity index (χ3v) is 3.20. The molecule has 0 aromatic heterocycles. The predicted molar refractivity (Wildman–Crippen MR) is 85.4 cm³/mol. The molecule has 4 heteroatoms. The van der Waals surface area contributed by atoms with Crippen molar-refractivity contribution in [3.8, 4) is 5.75 Å². The average Bonchev–Trinajstić information content (AvgIpc) is 2.53. The van der Waals surface area contributed by atoms with Crippen LogP contribution in [0, 0.1) is 6.92 Å². The summed E-state index contributed by atoms with van der Waals surface area (Å²) in [7, 11) is 0. The van der Waals surface area contributed by atoms with E-state index in [4.69, 9.17) is 15.2 Å². The Bertz CT molecular complexity index is 603. The molecule has 0 heterocycles. The Morgan fingerprint density at radius 3 is 2.14 bits per heavy atom. The van der Waals surface area contributed by atoms with Gasteiger partial charge in [0.2, 0.25) is 0 Å². The number of carbonyl (C=O) groups is 1. The zero-order valence-corrected chi connectivity index (χ0v) is 12.9. The van der Waals surface area contributed by atoms with Gasteiger partial charge in [-0.3, -0.25) is 4.79 Å². The first-order chi connectivity index (χ1) is 10.5.